The average molecular weight is 326 g/mol. The number of benzene rings is 1. The van der Waals surface area contributed by atoms with Gasteiger partial charge in [-0.3, -0.25) is 4.79 Å². The zero-order valence-corrected chi connectivity index (χ0v) is 14.5. The topological polar surface area (TPSA) is 53.4 Å². The molecule has 0 saturated carbocycles. The Hall–Kier alpha value is -2.82. The van der Waals surface area contributed by atoms with Gasteiger partial charge in [0, 0.05) is 17.7 Å². The molecule has 2 rings (SSSR count). The van der Waals surface area contributed by atoms with Crippen molar-refractivity contribution < 1.29 is 14.3 Å². The van der Waals surface area contributed by atoms with Crippen LogP contribution in [0.5, 0.6) is 11.5 Å². The van der Waals surface area contributed by atoms with Crippen LogP contribution in [0.4, 0.5) is 0 Å². The van der Waals surface area contributed by atoms with Crippen LogP contribution in [0.1, 0.15) is 35.1 Å². The molecule has 0 unspecified atom stereocenters. The number of Topliss-reactive ketones (excluding diaryl/α,β-unsaturated/α-hetero) is 1. The lowest BCUT2D eigenvalue weighted by molar-refractivity contribution is 0.0983. The Morgan fingerprint density at radius 2 is 1.96 bits per heavy atom. The molecule has 0 aliphatic carbocycles. The standard InChI is InChI=1S/C19H22N2O3/c1-6-8-16(14-9-10-18(23-4)19(12-14)24-5)21-13(3)11-15(20-21)17(22)7-2/h6,8-12H,1,7H2,2-5H3/b16-8-. The number of ether oxygens (including phenoxy) is 2. The van der Waals surface area contributed by atoms with Crippen LogP contribution < -0.4 is 9.47 Å². The smallest absolute Gasteiger partial charge is 0.182 e. The molecule has 1 aromatic carbocycles. The van der Waals surface area contributed by atoms with Gasteiger partial charge in [-0.15, -0.1) is 0 Å². The molecule has 0 radical (unpaired) electrons. The van der Waals surface area contributed by atoms with Gasteiger partial charge in [-0.25, -0.2) is 4.68 Å². The summed E-state index contributed by atoms with van der Waals surface area (Å²) >= 11 is 0. The highest BCUT2D eigenvalue weighted by atomic mass is 16.5. The molecule has 126 valence electrons. The third-order valence-electron chi connectivity index (χ3n) is 3.68. The number of rotatable bonds is 7. The lowest BCUT2D eigenvalue weighted by Crippen LogP contribution is -2.05. The number of aromatic nitrogens is 2. The zero-order chi connectivity index (χ0) is 17.7. The number of allylic oxidation sites excluding steroid dienone is 2. The minimum absolute atomic E-state index is 0.0158. The van der Waals surface area contributed by atoms with Gasteiger partial charge in [0.05, 0.1) is 19.9 Å². The van der Waals surface area contributed by atoms with Crippen molar-refractivity contribution in [1.82, 2.24) is 9.78 Å². The second-order valence-electron chi connectivity index (χ2n) is 5.22. The number of hydrogen-bond donors (Lipinski definition) is 0. The van der Waals surface area contributed by atoms with Crippen molar-refractivity contribution in [2.45, 2.75) is 20.3 Å². The van der Waals surface area contributed by atoms with E-state index in [9.17, 15) is 4.79 Å². The summed E-state index contributed by atoms with van der Waals surface area (Å²) in [5, 5.41) is 4.45. The van der Waals surface area contributed by atoms with Gasteiger partial charge >= 0.3 is 0 Å². The van der Waals surface area contributed by atoms with Crippen molar-refractivity contribution in [3.63, 3.8) is 0 Å². The quantitative estimate of drug-likeness (QED) is 0.572. The predicted molar refractivity (Wildman–Crippen MR) is 94.7 cm³/mol. The molecule has 0 aliphatic heterocycles. The molecule has 0 aliphatic rings. The molecule has 0 amide bonds. The first kappa shape index (κ1) is 17.5. The number of methoxy groups -OCH3 is 2. The van der Waals surface area contributed by atoms with Crippen molar-refractivity contribution in [1.29, 1.82) is 0 Å². The van der Waals surface area contributed by atoms with Crippen molar-refractivity contribution in [3.05, 3.63) is 59.9 Å². The Kier molecular flexibility index (Phi) is 5.58. The molecular formula is C19H22N2O3. The van der Waals surface area contributed by atoms with E-state index < -0.39 is 0 Å². The second-order valence-corrected chi connectivity index (χ2v) is 5.22. The summed E-state index contributed by atoms with van der Waals surface area (Å²) in [5.41, 5.74) is 3.02. The maximum atomic E-state index is 11.9. The highest BCUT2D eigenvalue weighted by Gasteiger charge is 2.15. The first-order valence-corrected chi connectivity index (χ1v) is 7.71. The Balaban J connectivity index is 2.56. The van der Waals surface area contributed by atoms with Gasteiger partial charge in [-0.05, 0) is 37.3 Å². The molecule has 1 aromatic heterocycles. The van der Waals surface area contributed by atoms with Crippen LogP contribution in [-0.4, -0.2) is 29.8 Å². The normalized spacial score (nSPS) is 11.2. The molecule has 24 heavy (non-hydrogen) atoms. The van der Waals surface area contributed by atoms with E-state index in [2.05, 4.69) is 11.7 Å². The van der Waals surface area contributed by atoms with Crippen LogP contribution >= 0.6 is 0 Å². The summed E-state index contributed by atoms with van der Waals surface area (Å²) in [6.07, 6.45) is 3.96. The van der Waals surface area contributed by atoms with Crippen molar-refractivity contribution in [3.8, 4) is 11.5 Å². The first-order valence-electron chi connectivity index (χ1n) is 7.71. The number of carbonyl (C=O) groups excluding carboxylic acids is 1. The van der Waals surface area contributed by atoms with Crippen molar-refractivity contribution in [2.75, 3.05) is 14.2 Å². The minimum atomic E-state index is 0.0158. The molecule has 0 atom stereocenters. The Labute approximate surface area is 142 Å². The minimum Gasteiger partial charge on any atom is -0.493 e. The summed E-state index contributed by atoms with van der Waals surface area (Å²) in [6, 6.07) is 7.42. The average Bonchev–Trinajstić information content (AvgIpc) is 2.99. The number of ketones is 1. The monoisotopic (exact) mass is 326 g/mol. The van der Waals surface area contributed by atoms with E-state index >= 15 is 0 Å². The highest BCUT2D eigenvalue weighted by molar-refractivity contribution is 5.94. The lowest BCUT2D eigenvalue weighted by Gasteiger charge is -2.13. The van der Waals surface area contributed by atoms with E-state index in [0.717, 1.165) is 17.0 Å². The Morgan fingerprint density at radius 1 is 1.25 bits per heavy atom. The Bertz CT molecular complexity index is 788. The van der Waals surface area contributed by atoms with E-state index in [1.807, 2.05) is 38.1 Å². The SMILES string of the molecule is C=C/C=C(/c1ccc(OC)c(OC)c1)n1nc(C(=O)CC)cc1C. The number of carbonyl (C=O) groups is 1. The van der Waals surface area contributed by atoms with Crippen molar-refractivity contribution in [2.24, 2.45) is 0 Å². The van der Waals surface area contributed by atoms with Gasteiger partial charge in [0.1, 0.15) is 5.69 Å². The Morgan fingerprint density at radius 3 is 2.54 bits per heavy atom. The maximum absolute atomic E-state index is 11.9. The van der Waals surface area contributed by atoms with Gasteiger partial charge in [0.2, 0.25) is 0 Å². The van der Waals surface area contributed by atoms with Crippen LogP contribution in [-0.2, 0) is 0 Å². The molecule has 0 fully saturated rings. The fraction of sp³-hybridized carbons (Fsp3) is 0.263. The first-order chi connectivity index (χ1) is 11.5. The molecular weight excluding hydrogens is 304 g/mol. The molecule has 0 spiro atoms. The maximum Gasteiger partial charge on any atom is 0.182 e. The third kappa shape index (κ3) is 3.40. The van der Waals surface area contributed by atoms with Gasteiger partial charge in [-0.2, -0.15) is 5.10 Å². The molecule has 0 saturated heterocycles. The molecule has 0 N–H and O–H groups in total. The molecule has 2 aromatic rings. The third-order valence-corrected chi connectivity index (χ3v) is 3.68. The lowest BCUT2D eigenvalue weighted by atomic mass is 10.1. The largest absolute Gasteiger partial charge is 0.493 e. The molecule has 5 heteroatoms. The summed E-state index contributed by atoms with van der Waals surface area (Å²) in [6.45, 7) is 7.51. The van der Waals surface area contributed by atoms with Crippen LogP contribution in [0.25, 0.3) is 5.70 Å². The number of nitrogens with zero attached hydrogens (tertiary/aromatic N) is 2. The molecule has 5 nitrogen and oxygen atoms in total. The molecule has 0 bridgehead atoms. The van der Waals surface area contributed by atoms with Crippen molar-refractivity contribution >= 4 is 11.5 Å². The summed E-state index contributed by atoms with van der Waals surface area (Å²) < 4.78 is 12.4. The van der Waals surface area contributed by atoms with Crippen LogP contribution in [0.15, 0.2) is 43.0 Å². The highest BCUT2D eigenvalue weighted by Crippen LogP contribution is 2.31. The van der Waals surface area contributed by atoms with Crippen LogP contribution in [0.3, 0.4) is 0 Å². The van der Waals surface area contributed by atoms with E-state index in [4.69, 9.17) is 9.47 Å². The number of hydrogen-bond acceptors (Lipinski definition) is 4. The van der Waals surface area contributed by atoms with E-state index in [-0.39, 0.29) is 5.78 Å². The van der Waals surface area contributed by atoms with Crippen LogP contribution in [0, 0.1) is 6.92 Å². The number of aryl methyl sites for hydroxylation is 1. The van der Waals surface area contributed by atoms with Gasteiger partial charge in [-0.1, -0.05) is 19.6 Å². The summed E-state index contributed by atoms with van der Waals surface area (Å²) in [5.74, 6) is 1.29. The van der Waals surface area contributed by atoms with Crippen LogP contribution in [0.2, 0.25) is 0 Å². The van der Waals surface area contributed by atoms with Gasteiger partial charge < -0.3 is 9.47 Å². The van der Waals surface area contributed by atoms with E-state index in [1.54, 1.807) is 31.0 Å². The summed E-state index contributed by atoms with van der Waals surface area (Å²) in [4.78, 5) is 11.9. The van der Waals surface area contributed by atoms with E-state index in [0.29, 0.717) is 23.6 Å². The fourth-order valence-corrected chi connectivity index (χ4v) is 2.43. The predicted octanol–water partition coefficient (Wildman–Crippen LogP) is 3.88. The molecule has 1 heterocycles. The van der Waals surface area contributed by atoms with E-state index in [1.165, 1.54) is 0 Å². The van der Waals surface area contributed by atoms with Gasteiger partial charge in [0.15, 0.2) is 17.3 Å². The summed E-state index contributed by atoms with van der Waals surface area (Å²) in [7, 11) is 3.19. The fourth-order valence-electron chi connectivity index (χ4n) is 2.43. The van der Waals surface area contributed by atoms with Gasteiger partial charge in [0.25, 0.3) is 0 Å². The second kappa shape index (κ2) is 7.64. The zero-order valence-electron chi connectivity index (χ0n) is 14.5.